The first-order valence-electron chi connectivity index (χ1n) is 5.64. The van der Waals surface area contributed by atoms with Gasteiger partial charge in [-0.25, -0.2) is 0 Å². The lowest BCUT2D eigenvalue weighted by atomic mass is 10.0. The molecule has 0 bridgehead atoms. The molecule has 0 atom stereocenters. The van der Waals surface area contributed by atoms with Crippen molar-refractivity contribution in [2.75, 3.05) is 5.73 Å². The highest BCUT2D eigenvalue weighted by atomic mass is 79.9. The molecule has 4 heteroatoms. The van der Waals surface area contributed by atoms with Crippen LogP contribution in [0.25, 0.3) is 11.3 Å². The van der Waals surface area contributed by atoms with Crippen molar-refractivity contribution in [1.82, 2.24) is 5.16 Å². The van der Waals surface area contributed by atoms with Crippen molar-refractivity contribution in [2.45, 2.75) is 26.7 Å². The maximum Gasteiger partial charge on any atom is 0.173 e. The average molecular weight is 295 g/mol. The normalized spacial score (nSPS) is 10.8. The fraction of sp³-hybridized carbons (Fsp3) is 0.308. The van der Waals surface area contributed by atoms with E-state index >= 15 is 0 Å². The van der Waals surface area contributed by atoms with Gasteiger partial charge in [0.25, 0.3) is 0 Å². The number of nitrogens with zero attached hydrogens (tertiary/aromatic N) is 1. The van der Waals surface area contributed by atoms with Crippen LogP contribution in [0.5, 0.6) is 0 Å². The first-order valence-corrected chi connectivity index (χ1v) is 6.43. The van der Waals surface area contributed by atoms with E-state index in [1.165, 1.54) is 5.56 Å². The van der Waals surface area contributed by atoms with Crippen LogP contribution < -0.4 is 5.73 Å². The van der Waals surface area contributed by atoms with Crippen LogP contribution in [-0.4, -0.2) is 5.16 Å². The molecule has 0 spiro atoms. The van der Waals surface area contributed by atoms with Gasteiger partial charge in [0.1, 0.15) is 0 Å². The molecule has 3 nitrogen and oxygen atoms in total. The molecule has 1 heterocycles. The van der Waals surface area contributed by atoms with Crippen molar-refractivity contribution in [1.29, 1.82) is 0 Å². The molecule has 90 valence electrons. The summed E-state index contributed by atoms with van der Waals surface area (Å²) in [5, 5.41) is 3.86. The first-order chi connectivity index (χ1) is 8.13. The van der Waals surface area contributed by atoms with E-state index < -0.39 is 0 Å². The molecule has 0 saturated carbocycles. The number of hydrogen-bond donors (Lipinski definition) is 1. The van der Waals surface area contributed by atoms with Gasteiger partial charge in [-0.1, -0.05) is 40.5 Å². The number of benzene rings is 1. The molecule has 1 aromatic heterocycles. The fourth-order valence-corrected chi connectivity index (χ4v) is 2.50. The maximum atomic E-state index is 5.82. The number of aromatic nitrogens is 1. The molecule has 0 unspecified atom stereocenters. The van der Waals surface area contributed by atoms with E-state index in [1.54, 1.807) is 0 Å². The molecule has 17 heavy (non-hydrogen) atoms. The molecule has 1 aromatic carbocycles. The number of nitrogen functional groups attached to an aromatic ring is 1. The first kappa shape index (κ1) is 12.2. The number of nitrogens with two attached hydrogens (primary N) is 1. The predicted octanol–water partition coefficient (Wildman–Crippen LogP) is 3.95. The summed E-state index contributed by atoms with van der Waals surface area (Å²) in [6, 6.07) is 6.14. The van der Waals surface area contributed by atoms with E-state index in [4.69, 9.17) is 10.3 Å². The molecule has 2 aromatic rings. The number of aryl methyl sites for hydroxylation is 1. The highest BCUT2D eigenvalue weighted by molar-refractivity contribution is 9.10. The van der Waals surface area contributed by atoms with Gasteiger partial charge in [-0.05, 0) is 31.0 Å². The standard InChI is InChI=1S/C13H15BrN2O/c1-3-4-10-12(17-16-13(10)15)9-6-5-8(2)7-11(9)14/h5-7H,3-4H2,1-2H3,(H2,15,16). The Kier molecular flexibility index (Phi) is 3.52. The van der Waals surface area contributed by atoms with Gasteiger partial charge < -0.3 is 10.3 Å². The van der Waals surface area contributed by atoms with Crippen LogP contribution in [0.3, 0.4) is 0 Å². The second-order valence-corrected chi connectivity index (χ2v) is 4.96. The lowest BCUT2D eigenvalue weighted by Crippen LogP contribution is -1.93. The highest BCUT2D eigenvalue weighted by Crippen LogP contribution is 2.34. The van der Waals surface area contributed by atoms with E-state index in [9.17, 15) is 0 Å². The summed E-state index contributed by atoms with van der Waals surface area (Å²) in [4.78, 5) is 0. The van der Waals surface area contributed by atoms with Crippen molar-refractivity contribution in [3.05, 3.63) is 33.8 Å². The number of halogens is 1. The van der Waals surface area contributed by atoms with E-state index in [0.717, 1.165) is 34.2 Å². The molecule has 0 aliphatic rings. The van der Waals surface area contributed by atoms with Crippen LogP contribution in [0.2, 0.25) is 0 Å². The third-order valence-corrected chi connectivity index (χ3v) is 3.34. The van der Waals surface area contributed by atoms with Crippen molar-refractivity contribution in [3.8, 4) is 11.3 Å². The summed E-state index contributed by atoms with van der Waals surface area (Å²) in [7, 11) is 0. The molecule has 2 rings (SSSR count). The molecule has 2 N–H and O–H groups in total. The number of rotatable bonds is 3. The van der Waals surface area contributed by atoms with Gasteiger partial charge >= 0.3 is 0 Å². The largest absolute Gasteiger partial charge is 0.381 e. The zero-order chi connectivity index (χ0) is 12.4. The zero-order valence-corrected chi connectivity index (χ0v) is 11.5. The highest BCUT2D eigenvalue weighted by Gasteiger charge is 2.16. The van der Waals surface area contributed by atoms with Crippen LogP contribution in [0, 0.1) is 6.92 Å². The van der Waals surface area contributed by atoms with Crippen LogP contribution in [-0.2, 0) is 6.42 Å². The Labute approximate surface area is 109 Å². The average Bonchev–Trinajstić information content (AvgIpc) is 2.62. The lowest BCUT2D eigenvalue weighted by molar-refractivity contribution is 0.434. The van der Waals surface area contributed by atoms with Gasteiger partial charge in [0.05, 0.1) is 0 Å². The molecule has 0 saturated heterocycles. The van der Waals surface area contributed by atoms with E-state index in [2.05, 4.69) is 47.1 Å². The van der Waals surface area contributed by atoms with Gasteiger partial charge in [-0.3, -0.25) is 0 Å². The van der Waals surface area contributed by atoms with Crippen molar-refractivity contribution < 1.29 is 4.52 Å². The molecular formula is C13H15BrN2O. The SMILES string of the molecule is CCCc1c(N)noc1-c1ccc(C)cc1Br. The summed E-state index contributed by atoms with van der Waals surface area (Å²) in [5.74, 6) is 1.27. The van der Waals surface area contributed by atoms with Crippen molar-refractivity contribution in [3.63, 3.8) is 0 Å². The Balaban J connectivity index is 2.52. The summed E-state index contributed by atoms with van der Waals surface area (Å²) in [6.07, 6.45) is 1.90. The monoisotopic (exact) mass is 294 g/mol. The van der Waals surface area contributed by atoms with E-state index in [1.807, 2.05) is 6.07 Å². The summed E-state index contributed by atoms with van der Waals surface area (Å²) >= 11 is 3.55. The number of anilines is 1. The van der Waals surface area contributed by atoms with Crippen molar-refractivity contribution >= 4 is 21.7 Å². The van der Waals surface area contributed by atoms with Gasteiger partial charge in [0.15, 0.2) is 11.6 Å². The van der Waals surface area contributed by atoms with Gasteiger partial charge in [0, 0.05) is 15.6 Å². The third-order valence-electron chi connectivity index (χ3n) is 2.69. The minimum atomic E-state index is 0.495. The Morgan fingerprint density at radius 2 is 2.18 bits per heavy atom. The molecule has 0 radical (unpaired) electrons. The topological polar surface area (TPSA) is 52.0 Å². The van der Waals surface area contributed by atoms with Crippen LogP contribution in [0.15, 0.2) is 27.2 Å². The number of hydrogen-bond acceptors (Lipinski definition) is 3. The van der Waals surface area contributed by atoms with Crippen molar-refractivity contribution in [2.24, 2.45) is 0 Å². The molecule has 0 aliphatic heterocycles. The molecular weight excluding hydrogens is 280 g/mol. The summed E-state index contributed by atoms with van der Waals surface area (Å²) in [6.45, 7) is 4.16. The maximum absolute atomic E-state index is 5.82. The molecule has 0 aliphatic carbocycles. The zero-order valence-electron chi connectivity index (χ0n) is 9.96. The van der Waals surface area contributed by atoms with Gasteiger partial charge in [-0.15, -0.1) is 0 Å². The van der Waals surface area contributed by atoms with Crippen LogP contribution in [0.1, 0.15) is 24.5 Å². The Morgan fingerprint density at radius 1 is 1.41 bits per heavy atom. The Morgan fingerprint density at radius 3 is 2.82 bits per heavy atom. The van der Waals surface area contributed by atoms with Gasteiger partial charge in [-0.2, -0.15) is 0 Å². The third kappa shape index (κ3) is 2.36. The predicted molar refractivity (Wildman–Crippen MR) is 72.8 cm³/mol. The smallest absolute Gasteiger partial charge is 0.173 e. The Bertz CT molecular complexity index is 534. The quantitative estimate of drug-likeness (QED) is 0.932. The van der Waals surface area contributed by atoms with Gasteiger partial charge in [0.2, 0.25) is 0 Å². The van der Waals surface area contributed by atoms with E-state index in [0.29, 0.717) is 5.82 Å². The second-order valence-electron chi connectivity index (χ2n) is 4.11. The molecule has 0 amide bonds. The van der Waals surface area contributed by atoms with Crippen LogP contribution >= 0.6 is 15.9 Å². The minimum absolute atomic E-state index is 0.495. The lowest BCUT2D eigenvalue weighted by Gasteiger charge is -2.04. The minimum Gasteiger partial charge on any atom is -0.381 e. The summed E-state index contributed by atoms with van der Waals surface area (Å²) < 4.78 is 6.36. The Hall–Kier alpha value is -1.29. The van der Waals surface area contributed by atoms with Crippen LogP contribution in [0.4, 0.5) is 5.82 Å². The van der Waals surface area contributed by atoms with E-state index in [-0.39, 0.29) is 0 Å². The summed E-state index contributed by atoms with van der Waals surface area (Å²) in [5.41, 5.74) is 9.02. The fourth-order valence-electron chi connectivity index (χ4n) is 1.83. The second kappa shape index (κ2) is 4.92. The molecule has 0 fully saturated rings.